The number of primary amides is 1. The number of aliphatic hydroxyl groups excluding tert-OH is 1. The Bertz CT molecular complexity index is 699. The first kappa shape index (κ1) is 16.2. The molecule has 0 unspecified atom stereocenters. The summed E-state index contributed by atoms with van der Waals surface area (Å²) in [6.07, 6.45) is 4.49. The van der Waals surface area contributed by atoms with Crippen molar-refractivity contribution in [1.82, 2.24) is 9.97 Å². The van der Waals surface area contributed by atoms with Crippen LogP contribution in [0.15, 0.2) is 36.5 Å². The number of carbonyl (C=O) groups is 1. The van der Waals surface area contributed by atoms with Gasteiger partial charge in [-0.1, -0.05) is 18.2 Å². The summed E-state index contributed by atoms with van der Waals surface area (Å²) < 4.78 is 0. The molecule has 1 aliphatic rings. The van der Waals surface area contributed by atoms with E-state index in [1.54, 1.807) is 0 Å². The van der Waals surface area contributed by atoms with Gasteiger partial charge in [-0.15, -0.1) is 0 Å². The van der Waals surface area contributed by atoms with Crippen molar-refractivity contribution in [2.75, 3.05) is 10.6 Å². The molecule has 1 saturated carbocycles. The number of nitrogens with one attached hydrogen (secondary N) is 2. The third-order valence-corrected chi connectivity index (χ3v) is 4.12. The van der Waals surface area contributed by atoms with Crippen molar-refractivity contribution in [2.45, 2.75) is 37.8 Å². The van der Waals surface area contributed by atoms with Crippen molar-refractivity contribution in [3.05, 3.63) is 42.1 Å². The molecule has 0 spiro atoms. The Morgan fingerprint density at radius 3 is 2.54 bits per heavy atom. The monoisotopic (exact) mass is 327 g/mol. The van der Waals surface area contributed by atoms with Crippen LogP contribution in [-0.4, -0.2) is 33.1 Å². The van der Waals surface area contributed by atoms with E-state index >= 15 is 0 Å². The number of aliphatic hydroxyl groups is 1. The van der Waals surface area contributed by atoms with Crippen molar-refractivity contribution in [3.63, 3.8) is 0 Å². The van der Waals surface area contributed by atoms with E-state index in [0.717, 1.165) is 31.4 Å². The van der Waals surface area contributed by atoms with Gasteiger partial charge in [0, 0.05) is 17.9 Å². The second-order valence-corrected chi connectivity index (χ2v) is 5.96. The summed E-state index contributed by atoms with van der Waals surface area (Å²) >= 11 is 0. The lowest BCUT2D eigenvalue weighted by Gasteiger charge is -2.26. The molecule has 0 bridgehead atoms. The Kier molecular flexibility index (Phi) is 4.90. The molecule has 126 valence electrons. The second-order valence-electron chi connectivity index (χ2n) is 5.96. The molecular weight excluding hydrogens is 306 g/mol. The molecule has 0 saturated heterocycles. The van der Waals surface area contributed by atoms with Gasteiger partial charge in [-0.25, -0.2) is 4.98 Å². The number of hydrogen-bond acceptors (Lipinski definition) is 6. The van der Waals surface area contributed by atoms with E-state index in [2.05, 4.69) is 20.6 Å². The van der Waals surface area contributed by atoms with Gasteiger partial charge in [0.05, 0.1) is 6.10 Å². The third kappa shape index (κ3) is 3.99. The van der Waals surface area contributed by atoms with Crippen LogP contribution in [0.1, 0.15) is 36.0 Å². The maximum atomic E-state index is 11.6. The van der Waals surface area contributed by atoms with E-state index in [0.29, 0.717) is 11.8 Å². The number of nitrogens with zero attached hydrogens (tertiary/aromatic N) is 2. The quantitative estimate of drug-likeness (QED) is 0.668. The molecule has 5 N–H and O–H groups in total. The summed E-state index contributed by atoms with van der Waals surface area (Å²) in [7, 11) is 0. The molecule has 1 amide bonds. The summed E-state index contributed by atoms with van der Waals surface area (Å²) in [6.45, 7) is 0. The minimum atomic E-state index is -0.583. The summed E-state index contributed by atoms with van der Waals surface area (Å²) in [6, 6.07) is 9.66. The highest BCUT2D eigenvalue weighted by Crippen LogP contribution is 2.23. The Labute approximate surface area is 140 Å². The van der Waals surface area contributed by atoms with Gasteiger partial charge in [0.25, 0.3) is 5.91 Å². The van der Waals surface area contributed by atoms with E-state index in [1.165, 1.54) is 6.20 Å². The number of carbonyl (C=O) groups excluding carboxylic acids is 1. The highest BCUT2D eigenvalue weighted by molar-refractivity contribution is 5.98. The molecule has 7 heteroatoms. The highest BCUT2D eigenvalue weighted by Gasteiger charge is 2.20. The standard InChI is InChI=1S/C17H21N5O2/c18-15(24)14-10-19-17(21-12-6-8-13(23)9-7-12)22-16(14)20-11-4-2-1-3-5-11/h1-5,10,12-13,23H,6-9H2,(H2,18,24)(H2,19,20,21,22)/t12-,13-. The average molecular weight is 327 g/mol. The van der Waals surface area contributed by atoms with Crippen molar-refractivity contribution in [3.8, 4) is 0 Å². The molecule has 2 aromatic rings. The van der Waals surface area contributed by atoms with Gasteiger partial charge >= 0.3 is 0 Å². The van der Waals surface area contributed by atoms with E-state index in [4.69, 9.17) is 5.73 Å². The van der Waals surface area contributed by atoms with Crippen LogP contribution >= 0.6 is 0 Å². The minimum Gasteiger partial charge on any atom is -0.393 e. The first-order valence-corrected chi connectivity index (χ1v) is 8.05. The summed E-state index contributed by atoms with van der Waals surface area (Å²) in [5.74, 6) is 0.239. The van der Waals surface area contributed by atoms with Crippen LogP contribution < -0.4 is 16.4 Å². The smallest absolute Gasteiger partial charge is 0.254 e. The first-order chi connectivity index (χ1) is 11.6. The Morgan fingerprint density at radius 2 is 1.88 bits per heavy atom. The number of aromatic nitrogens is 2. The fraction of sp³-hybridized carbons (Fsp3) is 0.353. The zero-order valence-corrected chi connectivity index (χ0v) is 13.3. The lowest BCUT2D eigenvalue weighted by molar-refractivity contribution is 0.100. The van der Waals surface area contributed by atoms with Crippen LogP contribution in [0.25, 0.3) is 0 Å². The SMILES string of the molecule is NC(=O)c1cnc(N[C@H]2CC[C@H](O)CC2)nc1Nc1ccccc1. The van der Waals surface area contributed by atoms with Gasteiger partial charge in [0.15, 0.2) is 0 Å². The summed E-state index contributed by atoms with van der Waals surface area (Å²) in [5, 5.41) is 16.0. The Balaban J connectivity index is 1.79. The second kappa shape index (κ2) is 7.27. The normalized spacial score (nSPS) is 20.4. The number of anilines is 3. The highest BCUT2D eigenvalue weighted by atomic mass is 16.3. The molecule has 24 heavy (non-hydrogen) atoms. The predicted molar refractivity (Wildman–Crippen MR) is 92.2 cm³/mol. The van der Waals surface area contributed by atoms with Crippen molar-refractivity contribution >= 4 is 23.4 Å². The van der Waals surface area contributed by atoms with E-state index in [9.17, 15) is 9.90 Å². The third-order valence-electron chi connectivity index (χ3n) is 4.12. The van der Waals surface area contributed by atoms with Crippen LogP contribution in [0.3, 0.4) is 0 Å². The number of benzene rings is 1. The molecule has 0 atom stereocenters. The molecule has 3 rings (SSSR count). The zero-order chi connectivity index (χ0) is 16.9. The lowest BCUT2D eigenvalue weighted by atomic mass is 9.93. The fourth-order valence-corrected chi connectivity index (χ4v) is 2.79. The van der Waals surface area contributed by atoms with Crippen molar-refractivity contribution in [2.24, 2.45) is 5.73 Å². The molecule has 1 fully saturated rings. The van der Waals surface area contributed by atoms with Crippen molar-refractivity contribution < 1.29 is 9.90 Å². The number of rotatable bonds is 5. The van der Waals surface area contributed by atoms with Crippen LogP contribution in [0, 0.1) is 0 Å². The molecule has 1 heterocycles. The average Bonchev–Trinajstić information content (AvgIpc) is 2.58. The van der Waals surface area contributed by atoms with E-state index in [-0.39, 0.29) is 17.7 Å². The number of nitrogens with two attached hydrogens (primary N) is 1. The molecule has 1 aromatic heterocycles. The predicted octanol–water partition coefficient (Wildman–Crippen LogP) is 2.03. The molecule has 1 aliphatic carbocycles. The van der Waals surface area contributed by atoms with Gasteiger partial charge < -0.3 is 21.5 Å². The molecular formula is C17H21N5O2. The maximum absolute atomic E-state index is 11.6. The van der Waals surface area contributed by atoms with Crippen LogP contribution in [0.5, 0.6) is 0 Å². The molecule has 7 nitrogen and oxygen atoms in total. The number of amides is 1. The van der Waals surface area contributed by atoms with Crippen LogP contribution in [0.2, 0.25) is 0 Å². The molecule has 1 aromatic carbocycles. The number of hydrogen-bond donors (Lipinski definition) is 4. The first-order valence-electron chi connectivity index (χ1n) is 8.05. The minimum absolute atomic E-state index is 0.212. The van der Waals surface area contributed by atoms with E-state index < -0.39 is 5.91 Å². The van der Waals surface area contributed by atoms with Crippen molar-refractivity contribution in [1.29, 1.82) is 0 Å². The zero-order valence-electron chi connectivity index (χ0n) is 13.3. The lowest BCUT2D eigenvalue weighted by Crippen LogP contribution is -2.29. The largest absolute Gasteiger partial charge is 0.393 e. The maximum Gasteiger partial charge on any atom is 0.254 e. The molecule has 0 radical (unpaired) electrons. The van der Waals surface area contributed by atoms with Gasteiger partial charge in [-0.3, -0.25) is 4.79 Å². The topological polar surface area (TPSA) is 113 Å². The van der Waals surface area contributed by atoms with Gasteiger partial charge in [0.1, 0.15) is 11.4 Å². The summed E-state index contributed by atoms with van der Waals surface area (Å²) in [5.41, 5.74) is 6.46. The Hall–Kier alpha value is -2.67. The van der Waals surface area contributed by atoms with Crippen LogP contribution in [0.4, 0.5) is 17.5 Å². The fourth-order valence-electron chi connectivity index (χ4n) is 2.79. The number of para-hydroxylation sites is 1. The van der Waals surface area contributed by atoms with Gasteiger partial charge in [0.2, 0.25) is 5.95 Å². The van der Waals surface area contributed by atoms with Gasteiger partial charge in [-0.2, -0.15) is 4.98 Å². The molecule has 0 aliphatic heterocycles. The summed E-state index contributed by atoms with van der Waals surface area (Å²) in [4.78, 5) is 20.2. The van der Waals surface area contributed by atoms with Gasteiger partial charge in [-0.05, 0) is 37.8 Å². The van der Waals surface area contributed by atoms with Crippen LogP contribution in [-0.2, 0) is 0 Å². The van der Waals surface area contributed by atoms with E-state index in [1.807, 2.05) is 30.3 Å². The Morgan fingerprint density at radius 1 is 1.17 bits per heavy atom.